The van der Waals surface area contributed by atoms with Crippen LogP contribution in [0.5, 0.6) is 5.75 Å². The third-order valence-electron chi connectivity index (χ3n) is 7.97. The van der Waals surface area contributed by atoms with E-state index in [1.54, 1.807) is 0 Å². The van der Waals surface area contributed by atoms with Crippen molar-refractivity contribution in [2.75, 3.05) is 6.54 Å². The number of hydrogen-bond donors (Lipinski definition) is 0. The van der Waals surface area contributed by atoms with Gasteiger partial charge in [-0.05, 0) is 74.1 Å². The van der Waals surface area contributed by atoms with Crippen molar-refractivity contribution in [3.63, 3.8) is 0 Å². The van der Waals surface area contributed by atoms with Crippen molar-refractivity contribution in [2.45, 2.75) is 97.4 Å². The van der Waals surface area contributed by atoms with Crippen molar-refractivity contribution < 1.29 is 4.74 Å². The van der Waals surface area contributed by atoms with E-state index in [4.69, 9.17) is 4.74 Å². The van der Waals surface area contributed by atoms with Crippen LogP contribution in [0.25, 0.3) is 0 Å². The summed E-state index contributed by atoms with van der Waals surface area (Å²) in [5.74, 6) is 2.10. The van der Waals surface area contributed by atoms with Gasteiger partial charge in [0.25, 0.3) is 0 Å². The highest BCUT2D eigenvalue weighted by Crippen LogP contribution is 2.42. The number of para-hydroxylation sites is 1. The van der Waals surface area contributed by atoms with E-state index in [0.717, 1.165) is 56.8 Å². The van der Waals surface area contributed by atoms with Gasteiger partial charge in [0.1, 0.15) is 11.4 Å². The van der Waals surface area contributed by atoms with Gasteiger partial charge in [-0.1, -0.05) is 68.8 Å². The molecular formula is C31H42N4O. The number of rotatable bonds is 8. The van der Waals surface area contributed by atoms with Gasteiger partial charge in [-0.25, -0.2) is 0 Å². The quantitative estimate of drug-likeness (QED) is 0.354. The monoisotopic (exact) mass is 486 g/mol. The highest BCUT2D eigenvalue weighted by Gasteiger charge is 2.36. The molecule has 0 amide bonds. The Morgan fingerprint density at radius 2 is 1.94 bits per heavy atom. The van der Waals surface area contributed by atoms with E-state index in [9.17, 15) is 0 Å². The molecule has 0 bridgehead atoms. The molecule has 5 nitrogen and oxygen atoms in total. The van der Waals surface area contributed by atoms with Crippen LogP contribution in [0.3, 0.4) is 0 Å². The van der Waals surface area contributed by atoms with Gasteiger partial charge in [-0.2, -0.15) is 0 Å². The van der Waals surface area contributed by atoms with Gasteiger partial charge < -0.3 is 4.74 Å². The summed E-state index contributed by atoms with van der Waals surface area (Å²) in [6.45, 7) is 14.1. The van der Waals surface area contributed by atoms with E-state index in [1.165, 1.54) is 28.7 Å². The highest BCUT2D eigenvalue weighted by molar-refractivity contribution is 5.41. The van der Waals surface area contributed by atoms with Crippen LogP contribution in [0.4, 0.5) is 0 Å². The fourth-order valence-corrected chi connectivity index (χ4v) is 6.23. The summed E-state index contributed by atoms with van der Waals surface area (Å²) < 4.78 is 8.49. The van der Waals surface area contributed by atoms with Gasteiger partial charge in [-0.3, -0.25) is 9.58 Å². The Morgan fingerprint density at radius 3 is 2.75 bits per heavy atom. The maximum atomic E-state index is 6.45. The Kier molecular flexibility index (Phi) is 7.21. The topological polar surface area (TPSA) is 43.2 Å². The second-order valence-electron chi connectivity index (χ2n) is 11.7. The van der Waals surface area contributed by atoms with E-state index in [1.807, 2.05) is 4.68 Å². The molecule has 0 radical (unpaired) electrons. The van der Waals surface area contributed by atoms with Gasteiger partial charge in [-0.15, -0.1) is 5.10 Å². The number of fused-ring (bicyclic) bond motifs is 2. The number of hydrogen-bond acceptors (Lipinski definition) is 4. The van der Waals surface area contributed by atoms with Gasteiger partial charge in [0.05, 0.1) is 5.69 Å². The first-order valence-corrected chi connectivity index (χ1v) is 13.9. The van der Waals surface area contributed by atoms with Crippen molar-refractivity contribution in [3.8, 4) is 5.75 Å². The summed E-state index contributed by atoms with van der Waals surface area (Å²) in [4.78, 5) is 2.66. The largest absolute Gasteiger partial charge is 0.486 e. The zero-order valence-corrected chi connectivity index (χ0v) is 22.7. The number of ether oxygens (including phenoxy) is 1. The van der Waals surface area contributed by atoms with Crippen molar-refractivity contribution in [3.05, 3.63) is 76.6 Å². The fourth-order valence-electron chi connectivity index (χ4n) is 6.23. The number of aryl methyl sites for hydroxylation is 3. The van der Waals surface area contributed by atoms with Crippen LogP contribution in [0.1, 0.15) is 93.8 Å². The highest BCUT2D eigenvalue weighted by atomic mass is 16.5. The van der Waals surface area contributed by atoms with Crippen molar-refractivity contribution in [1.29, 1.82) is 0 Å². The molecule has 2 atom stereocenters. The Balaban J connectivity index is 1.38. The van der Waals surface area contributed by atoms with Gasteiger partial charge in [0, 0.05) is 37.4 Å². The lowest BCUT2D eigenvalue weighted by Crippen LogP contribution is -2.41. The SMILES string of the molecule is CCCc1cn(CCC(c2ccc3c(c2)C(N2Cc4ccccc4OC(C)(C)C2)CC3)C(C)C)nn1. The minimum Gasteiger partial charge on any atom is -0.486 e. The number of nitrogens with zero attached hydrogens (tertiary/aromatic N) is 4. The molecule has 0 fully saturated rings. The Morgan fingerprint density at radius 1 is 1.11 bits per heavy atom. The van der Waals surface area contributed by atoms with E-state index >= 15 is 0 Å². The summed E-state index contributed by atoms with van der Waals surface area (Å²) in [5.41, 5.74) is 6.69. The summed E-state index contributed by atoms with van der Waals surface area (Å²) >= 11 is 0. The molecule has 2 aromatic carbocycles. The third kappa shape index (κ3) is 5.36. The van der Waals surface area contributed by atoms with Crippen molar-refractivity contribution in [2.24, 2.45) is 5.92 Å². The molecule has 3 aromatic rings. The minimum atomic E-state index is -0.220. The smallest absolute Gasteiger partial charge is 0.124 e. The number of benzene rings is 2. The van der Waals surface area contributed by atoms with Crippen molar-refractivity contribution >= 4 is 0 Å². The standard InChI is InChI=1S/C31H42N4O/c1-6-9-26-20-35(33-32-26)17-16-27(22(2)3)24-13-12-23-14-15-29(28(23)18-24)34-19-25-10-7-8-11-30(25)36-31(4,5)21-34/h7-8,10-13,18,20,22,27,29H,6,9,14-17,19,21H2,1-5H3. The molecule has 5 heteroatoms. The second kappa shape index (κ2) is 10.4. The summed E-state index contributed by atoms with van der Waals surface area (Å²) in [6.07, 6.45) is 7.65. The van der Waals surface area contributed by atoms with Gasteiger partial charge in [0.15, 0.2) is 0 Å². The minimum absolute atomic E-state index is 0.220. The molecule has 36 heavy (non-hydrogen) atoms. The van der Waals surface area contributed by atoms with Crippen LogP contribution in [0, 0.1) is 5.92 Å². The zero-order chi connectivity index (χ0) is 25.3. The average molecular weight is 487 g/mol. The molecule has 5 rings (SSSR count). The van der Waals surface area contributed by atoms with Gasteiger partial charge in [0.2, 0.25) is 0 Å². The van der Waals surface area contributed by atoms with Crippen LogP contribution in [-0.2, 0) is 25.9 Å². The zero-order valence-electron chi connectivity index (χ0n) is 22.7. The lowest BCUT2D eigenvalue weighted by Gasteiger charge is -2.34. The molecule has 1 aliphatic heterocycles. The molecule has 0 saturated heterocycles. The normalized spacial score (nSPS) is 20.0. The number of aromatic nitrogens is 3. The molecule has 2 heterocycles. The Hall–Kier alpha value is -2.66. The molecule has 2 unspecified atom stereocenters. The molecule has 0 spiro atoms. The maximum Gasteiger partial charge on any atom is 0.124 e. The van der Waals surface area contributed by atoms with Crippen LogP contribution in [-0.4, -0.2) is 32.0 Å². The van der Waals surface area contributed by atoms with E-state index < -0.39 is 0 Å². The molecule has 1 aromatic heterocycles. The molecule has 1 aliphatic carbocycles. The predicted octanol–water partition coefficient (Wildman–Crippen LogP) is 6.72. The first-order valence-electron chi connectivity index (χ1n) is 13.9. The summed E-state index contributed by atoms with van der Waals surface area (Å²) in [5, 5.41) is 8.72. The predicted molar refractivity (Wildman–Crippen MR) is 145 cm³/mol. The van der Waals surface area contributed by atoms with Gasteiger partial charge >= 0.3 is 0 Å². The van der Waals surface area contributed by atoms with Crippen LogP contribution >= 0.6 is 0 Å². The third-order valence-corrected chi connectivity index (χ3v) is 7.97. The van der Waals surface area contributed by atoms with E-state index in [2.05, 4.69) is 98.5 Å². The van der Waals surface area contributed by atoms with Crippen molar-refractivity contribution in [1.82, 2.24) is 19.9 Å². The molecule has 192 valence electrons. The second-order valence-corrected chi connectivity index (χ2v) is 11.7. The van der Waals surface area contributed by atoms with E-state index in [0.29, 0.717) is 17.9 Å². The maximum absolute atomic E-state index is 6.45. The van der Waals surface area contributed by atoms with Crippen LogP contribution in [0.2, 0.25) is 0 Å². The van der Waals surface area contributed by atoms with Crippen LogP contribution in [0.15, 0.2) is 48.7 Å². The molecular weight excluding hydrogens is 444 g/mol. The van der Waals surface area contributed by atoms with E-state index in [-0.39, 0.29) is 5.60 Å². The average Bonchev–Trinajstić information content (AvgIpc) is 3.43. The fraction of sp³-hybridized carbons (Fsp3) is 0.548. The first-order chi connectivity index (χ1) is 17.3. The first kappa shape index (κ1) is 25.0. The molecule has 0 N–H and O–H groups in total. The lowest BCUT2D eigenvalue weighted by molar-refractivity contribution is 0.0521. The Labute approximate surface area is 216 Å². The summed E-state index contributed by atoms with van der Waals surface area (Å²) in [6, 6.07) is 16.3. The molecule has 2 aliphatic rings. The Bertz CT molecular complexity index is 1180. The lowest BCUT2D eigenvalue weighted by atomic mass is 9.84. The summed E-state index contributed by atoms with van der Waals surface area (Å²) in [7, 11) is 0. The van der Waals surface area contributed by atoms with Crippen LogP contribution < -0.4 is 4.74 Å². The molecule has 0 saturated carbocycles.